The zero-order valence-electron chi connectivity index (χ0n) is 21.4. The van der Waals surface area contributed by atoms with Crippen LogP contribution < -0.4 is 9.47 Å². The fourth-order valence-corrected chi connectivity index (χ4v) is 4.78. The average Bonchev–Trinajstić information content (AvgIpc) is 3.36. The first-order chi connectivity index (χ1) is 18.1. The summed E-state index contributed by atoms with van der Waals surface area (Å²) in [7, 11) is 3.29. The van der Waals surface area contributed by atoms with E-state index in [0.717, 1.165) is 58.6 Å². The summed E-state index contributed by atoms with van der Waals surface area (Å²) in [6, 6.07) is 15.8. The molecule has 0 spiro atoms. The monoisotopic (exact) mass is 497 g/mol. The van der Waals surface area contributed by atoms with Crippen LogP contribution in [0.15, 0.2) is 77.7 Å². The fourth-order valence-electron chi connectivity index (χ4n) is 4.78. The highest BCUT2D eigenvalue weighted by molar-refractivity contribution is 6.00. The van der Waals surface area contributed by atoms with Gasteiger partial charge < -0.3 is 18.8 Å². The summed E-state index contributed by atoms with van der Waals surface area (Å²) < 4.78 is 16.9. The molecule has 1 saturated heterocycles. The molecular weight excluding hydrogens is 466 g/mol. The summed E-state index contributed by atoms with van der Waals surface area (Å²) in [5.74, 6) is 1.46. The molecule has 3 heterocycles. The molecule has 0 bridgehead atoms. The van der Waals surface area contributed by atoms with E-state index in [1.165, 1.54) is 5.56 Å². The maximum atomic E-state index is 13.2. The number of aromatic nitrogens is 1. The van der Waals surface area contributed by atoms with Crippen LogP contribution in [0, 0.1) is 0 Å². The number of allylic oxidation sites excluding steroid dienone is 1. The standard InChI is InChI=1S/C30H31N3O4/c1-21(14-30(34)33-12-10-32(11-13-33)19-22-6-5-9-31-18-22)25-16-26-27(20-37-29(26)17-28(25)36-3)23-7-4-8-24(15-23)35-2/h4-9,14-18,20H,10-13,19H2,1-3H3/b21-14+. The van der Waals surface area contributed by atoms with E-state index in [1.54, 1.807) is 32.8 Å². The van der Waals surface area contributed by atoms with Crippen molar-refractivity contribution in [3.63, 3.8) is 0 Å². The first-order valence-electron chi connectivity index (χ1n) is 12.4. The largest absolute Gasteiger partial charge is 0.497 e. The van der Waals surface area contributed by atoms with E-state index in [-0.39, 0.29) is 5.91 Å². The van der Waals surface area contributed by atoms with Crippen molar-refractivity contribution < 1.29 is 18.7 Å². The molecule has 4 aromatic rings. The number of furan rings is 1. The van der Waals surface area contributed by atoms with Gasteiger partial charge in [-0.3, -0.25) is 14.7 Å². The molecule has 2 aromatic heterocycles. The SMILES string of the molecule is COc1cccc(-c2coc3cc(OC)c(/C(C)=C/C(=O)N4CCN(Cc5cccnc5)CC4)cc23)c1. The minimum atomic E-state index is 0.0147. The van der Waals surface area contributed by atoms with Crippen molar-refractivity contribution in [2.45, 2.75) is 13.5 Å². The number of nitrogens with zero attached hydrogens (tertiary/aromatic N) is 3. The summed E-state index contributed by atoms with van der Waals surface area (Å²) in [6.45, 7) is 5.86. The van der Waals surface area contributed by atoms with Crippen molar-refractivity contribution in [3.05, 3.63) is 84.4 Å². The Bertz CT molecular complexity index is 1420. The zero-order chi connectivity index (χ0) is 25.8. The number of rotatable bonds is 7. The van der Waals surface area contributed by atoms with Crippen LogP contribution in [-0.2, 0) is 11.3 Å². The fraction of sp³-hybridized carbons (Fsp3) is 0.267. The van der Waals surface area contributed by atoms with E-state index >= 15 is 0 Å². The van der Waals surface area contributed by atoms with Crippen LogP contribution >= 0.6 is 0 Å². The first kappa shape index (κ1) is 24.6. The van der Waals surface area contributed by atoms with Gasteiger partial charge in [0.25, 0.3) is 0 Å². The minimum Gasteiger partial charge on any atom is -0.497 e. The molecule has 190 valence electrons. The Morgan fingerprint density at radius 3 is 2.62 bits per heavy atom. The number of fused-ring (bicyclic) bond motifs is 1. The second-order valence-corrected chi connectivity index (χ2v) is 9.22. The lowest BCUT2D eigenvalue weighted by Gasteiger charge is -2.34. The third-order valence-corrected chi connectivity index (χ3v) is 6.85. The number of carbonyl (C=O) groups is 1. The molecule has 37 heavy (non-hydrogen) atoms. The quantitative estimate of drug-likeness (QED) is 0.325. The summed E-state index contributed by atoms with van der Waals surface area (Å²) in [5.41, 5.74) is 5.58. The van der Waals surface area contributed by atoms with Gasteiger partial charge in [0.05, 0.1) is 20.5 Å². The molecular formula is C30H31N3O4. The molecule has 1 amide bonds. The summed E-state index contributed by atoms with van der Waals surface area (Å²) >= 11 is 0. The van der Waals surface area contributed by atoms with E-state index in [2.05, 4.69) is 16.0 Å². The normalized spacial score (nSPS) is 14.7. The summed E-state index contributed by atoms with van der Waals surface area (Å²) in [5, 5.41) is 0.952. The molecule has 2 aromatic carbocycles. The van der Waals surface area contributed by atoms with Crippen LogP contribution in [0.25, 0.3) is 27.7 Å². The third-order valence-electron chi connectivity index (χ3n) is 6.85. The van der Waals surface area contributed by atoms with Crippen LogP contribution in [0.2, 0.25) is 0 Å². The van der Waals surface area contributed by atoms with Gasteiger partial charge in [0.15, 0.2) is 0 Å². The number of benzene rings is 2. The van der Waals surface area contributed by atoms with Crippen LogP contribution in [0.3, 0.4) is 0 Å². The van der Waals surface area contributed by atoms with Crippen molar-refractivity contribution in [2.24, 2.45) is 0 Å². The Balaban J connectivity index is 1.35. The maximum absolute atomic E-state index is 13.2. The van der Waals surface area contributed by atoms with Crippen LogP contribution in [0.4, 0.5) is 0 Å². The highest BCUT2D eigenvalue weighted by Crippen LogP contribution is 2.38. The molecule has 0 radical (unpaired) electrons. The first-order valence-corrected chi connectivity index (χ1v) is 12.4. The van der Waals surface area contributed by atoms with E-state index in [9.17, 15) is 4.79 Å². The third kappa shape index (κ3) is 5.37. The predicted octanol–water partition coefficient (Wildman–Crippen LogP) is 5.26. The molecule has 1 fully saturated rings. The van der Waals surface area contributed by atoms with Gasteiger partial charge in [0, 0.05) is 73.8 Å². The number of carbonyl (C=O) groups excluding carboxylic acids is 1. The Morgan fingerprint density at radius 2 is 1.89 bits per heavy atom. The van der Waals surface area contributed by atoms with Gasteiger partial charge in [-0.1, -0.05) is 18.2 Å². The molecule has 0 saturated carbocycles. The lowest BCUT2D eigenvalue weighted by molar-refractivity contribution is -0.127. The Morgan fingerprint density at radius 1 is 1.05 bits per heavy atom. The molecule has 0 unspecified atom stereocenters. The van der Waals surface area contributed by atoms with Gasteiger partial charge in [0.2, 0.25) is 5.91 Å². The van der Waals surface area contributed by atoms with Gasteiger partial charge >= 0.3 is 0 Å². The minimum absolute atomic E-state index is 0.0147. The number of methoxy groups -OCH3 is 2. The van der Waals surface area contributed by atoms with Crippen LogP contribution in [0.5, 0.6) is 11.5 Å². The molecule has 7 heteroatoms. The molecule has 5 rings (SSSR count). The van der Waals surface area contributed by atoms with E-state index < -0.39 is 0 Å². The molecule has 7 nitrogen and oxygen atoms in total. The maximum Gasteiger partial charge on any atom is 0.246 e. The molecule has 1 aliphatic heterocycles. The van der Waals surface area contributed by atoms with Crippen molar-refractivity contribution in [1.29, 1.82) is 0 Å². The van der Waals surface area contributed by atoms with Gasteiger partial charge in [-0.25, -0.2) is 0 Å². The molecule has 1 aliphatic rings. The number of hydrogen-bond acceptors (Lipinski definition) is 6. The second kappa shape index (κ2) is 10.9. The van der Waals surface area contributed by atoms with Gasteiger partial charge in [-0.15, -0.1) is 0 Å². The van der Waals surface area contributed by atoms with Gasteiger partial charge in [-0.05, 0) is 47.9 Å². The zero-order valence-corrected chi connectivity index (χ0v) is 21.4. The highest BCUT2D eigenvalue weighted by atomic mass is 16.5. The van der Waals surface area contributed by atoms with Gasteiger partial charge in [0.1, 0.15) is 17.1 Å². The van der Waals surface area contributed by atoms with E-state index in [4.69, 9.17) is 13.9 Å². The lowest BCUT2D eigenvalue weighted by atomic mass is 9.99. The number of piperazine rings is 1. The summed E-state index contributed by atoms with van der Waals surface area (Å²) in [4.78, 5) is 21.6. The smallest absolute Gasteiger partial charge is 0.246 e. The van der Waals surface area contributed by atoms with E-state index in [1.807, 2.05) is 60.5 Å². The number of ether oxygens (including phenoxy) is 2. The Labute approximate surface area is 216 Å². The second-order valence-electron chi connectivity index (χ2n) is 9.22. The topological polar surface area (TPSA) is 68.0 Å². The molecule has 0 N–H and O–H groups in total. The molecule has 0 aliphatic carbocycles. The molecule has 0 atom stereocenters. The van der Waals surface area contributed by atoms with Crippen molar-refractivity contribution in [1.82, 2.24) is 14.8 Å². The average molecular weight is 498 g/mol. The van der Waals surface area contributed by atoms with Gasteiger partial charge in [-0.2, -0.15) is 0 Å². The highest BCUT2D eigenvalue weighted by Gasteiger charge is 2.21. The van der Waals surface area contributed by atoms with Crippen LogP contribution in [0.1, 0.15) is 18.1 Å². The Kier molecular flexibility index (Phi) is 7.23. The lowest BCUT2D eigenvalue weighted by Crippen LogP contribution is -2.47. The van der Waals surface area contributed by atoms with Crippen molar-refractivity contribution in [2.75, 3.05) is 40.4 Å². The van der Waals surface area contributed by atoms with E-state index in [0.29, 0.717) is 18.8 Å². The predicted molar refractivity (Wildman–Crippen MR) is 144 cm³/mol. The summed E-state index contributed by atoms with van der Waals surface area (Å²) in [6.07, 6.45) is 7.14. The number of hydrogen-bond donors (Lipinski definition) is 0. The van der Waals surface area contributed by atoms with Crippen LogP contribution in [-0.4, -0.2) is 61.1 Å². The Hall–Kier alpha value is -4.10. The van der Waals surface area contributed by atoms with Crippen molar-refractivity contribution in [3.8, 4) is 22.6 Å². The number of pyridine rings is 1. The van der Waals surface area contributed by atoms with Crippen molar-refractivity contribution >= 4 is 22.4 Å². The number of amides is 1.